The van der Waals surface area contributed by atoms with Gasteiger partial charge >= 0.3 is 0 Å². The molecule has 2 aliphatic heterocycles. The van der Waals surface area contributed by atoms with E-state index in [0.717, 1.165) is 68.3 Å². The van der Waals surface area contributed by atoms with Crippen LogP contribution in [-0.2, 0) is 17.8 Å². The van der Waals surface area contributed by atoms with E-state index in [4.69, 9.17) is 19.1 Å². The Morgan fingerprint density at radius 1 is 1.13 bits per heavy atom. The van der Waals surface area contributed by atoms with Gasteiger partial charge < -0.3 is 14.1 Å². The molecule has 6 nitrogen and oxygen atoms in total. The van der Waals surface area contributed by atoms with Crippen LogP contribution in [0.4, 0.5) is 5.82 Å². The number of anilines is 1. The van der Waals surface area contributed by atoms with Crippen LogP contribution in [0.2, 0.25) is 0 Å². The third kappa shape index (κ3) is 2.83. The van der Waals surface area contributed by atoms with Gasteiger partial charge in [-0.05, 0) is 45.2 Å². The van der Waals surface area contributed by atoms with Gasteiger partial charge in [0.1, 0.15) is 22.7 Å². The SMILES string of the molecule is CC1(C)Cc2nc3sc4c(N5CCCCC5)ncnc4c3c(-c3ccco3)c2CO1. The van der Waals surface area contributed by atoms with Crippen molar-refractivity contribution in [3.8, 4) is 11.3 Å². The van der Waals surface area contributed by atoms with Crippen molar-refractivity contribution in [3.05, 3.63) is 36.0 Å². The Hall–Kier alpha value is -2.51. The predicted molar refractivity (Wildman–Crippen MR) is 119 cm³/mol. The van der Waals surface area contributed by atoms with E-state index in [-0.39, 0.29) is 5.60 Å². The van der Waals surface area contributed by atoms with Crippen molar-refractivity contribution in [1.29, 1.82) is 0 Å². The van der Waals surface area contributed by atoms with Gasteiger partial charge in [-0.15, -0.1) is 11.3 Å². The summed E-state index contributed by atoms with van der Waals surface area (Å²) >= 11 is 1.71. The van der Waals surface area contributed by atoms with Crippen molar-refractivity contribution in [1.82, 2.24) is 15.0 Å². The first-order valence-electron chi connectivity index (χ1n) is 10.6. The molecule has 6 heterocycles. The summed E-state index contributed by atoms with van der Waals surface area (Å²) < 4.78 is 13.2. The van der Waals surface area contributed by atoms with Gasteiger partial charge in [0.05, 0.1) is 34.4 Å². The summed E-state index contributed by atoms with van der Waals surface area (Å²) in [6.07, 6.45) is 7.93. The number of pyridine rings is 1. The van der Waals surface area contributed by atoms with Crippen LogP contribution < -0.4 is 4.90 Å². The van der Waals surface area contributed by atoms with Gasteiger partial charge in [0.15, 0.2) is 0 Å². The maximum absolute atomic E-state index is 6.17. The molecule has 2 aliphatic rings. The lowest BCUT2D eigenvalue weighted by Crippen LogP contribution is -2.32. The summed E-state index contributed by atoms with van der Waals surface area (Å²) in [6, 6.07) is 3.95. The van der Waals surface area contributed by atoms with Gasteiger partial charge in [-0.3, -0.25) is 0 Å². The quantitative estimate of drug-likeness (QED) is 0.436. The lowest BCUT2D eigenvalue weighted by Gasteiger charge is -2.32. The van der Waals surface area contributed by atoms with Crippen molar-refractivity contribution in [2.24, 2.45) is 0 Å². The summed E-state index contributed by atoms with van der Waals surface area (Å²) in [7, 11) is 0. The molecular weight excluding hydrogens is 396 g/mol. The number of rotatable bonds is 2. The fourth-order valence-corrected chi connectivity index (χ4v) is 5.90. The first kappa shape index (κ1) is 18.3. The Labute approximate surface area is 178 Å². The zero-order valence-electron chi connectivity index (χ0n) is 17.3. The molecule has 4 aromatic heterocycles. The number of fused-ring (bicyclic) bond motifs is 4. The highest BCUT2D eigenvalue weighted by Crippen LogP contribution is 2.45. The summed E-state index contributed by atoms with van der Waals surface area (Å²) in [6.45, 7) is 6.88. The number of furan rings is 1. The van der Waals surface area contributed by atoms with E-state index in [1.54, 1.807) is 23.9 Å². The molecular formula is C23H24N4O2S. The zero-order valence-corrected chi connectivity index (χ0v) is 18.1. The van der Waals surface area contributed by atoms with Gasteiger partial charge in [-0.2, -0.15) is 0 Å². The van der Waals surface area contributed by atoms with E-state index < -0.39 is 0 Å². The Kier molecular flexibility index (Phi) is 4.11. The molecule has 4 aromatic rings. The van der Waals surface area contributed by atoms with E-state index in [0.29, 0.717) is 6.61 Å². The summed E-state index contributed by atoms with van der Waals surface area (Å²) in [5, 5.41) is 1.06. The fourth-order valence-electron chi connectivity index (χ4n) is 4.72. The first-order chi connectivity index (χ1) is 14.6. The van der Waals surface area contributed by atoms with Gasteiger partial charge in [0, 0.05) is 36.0 Å². The van der Waals surface area contributed by atoms with Crippen molar-refractivity contribution in [3.63, 3.8) is 0 Å². The van der Waals surface area contributed by atoms with Gasteiger partial charge in [-0.1, -0.05) is 0 Å². The van der Waals surface area contributed by atoms with Crippen molar-refractivity contribution >= 4 is 37.6 Å². The number of aromatic nitrogens is 3. The number of hydrogen-bond acceptors (Lipinski definition) is 7. The maximum Gasteiger partial charge on any atom is 0.150 e. The largest absolute Gasteiger partial charge is 0.464 e. The molecule has 0 radical (unpaired) electrons. The monoisotopic (exact) mass is 420 g/mol. The molecule has 0 aromatic carbocycles. The second kappa shape index (κ2) is 6.75. The highest BCUT2D eigenvalue weighted by molar-refractivity contribution is 7.26. The fraction of sp³-hybridized carbons (Fsp3) is 0.435. The molecule has 0 N–H and O–H groups in total. The predicted octanol–water partition coefficient (Wildman–Crippen LogP) is 5.34. The minimum Gasteiger partial charge on any atom is -0.464 e. The summed E-state index contributed by atoms with van der Waals surface area (Å²) in [4.78, 5) is 17.9. The van der Waals surface area contributed by atoms with Crippen LogP contribution in [0.15, 0.2) is 29.1 Å². The second-order valence-corrected chi connectivity index (χ2v) is 9.82. The molecule has 0 aliphatic carbocycles. The van der Waals surface area contributed by atoms with Gasteiger partial charge in [-0.25, -0.2) is 15.0 Å². The lowest BCUT2D eigenvalue weighted by atomic mass is 9.91. The van der Waals surface area contributed by atoms with Crippen LogP contribution in [0, 0.1) is 0 Å². The maximum atomic E-state index is 6.17. The Morgan fingerprint density at radius 2 is 2.00 bits per heavy atom. The third-order valence-corrected chi connectivity index (χ3v) is 7.26. The number of ether oxygens (including phenoxy) is 1. The third-order valence-electron chi connectivity index (χ3n) is 6.19. The van der Waals surface area contributed by atoms with Crippen LogP contribution >= 0.6 is 11.3 Å². The van der Waals surface area contributed by atoms with Crippen molar-refractivity contribution in [2.75, 3.05) is 18.0 Å². The molecule has 0 amide bonds. The van der Waals surface area contributed by atoms with Crippen LogP contribution in [-0.4, -0.2) is 33.6 Å². The molecule has 0 unspecified atom stereocenters. The molecule has 154 valence electrons. The second-order valence-electron chi connectivity index (χ2n) is 8.82. The van der Waals surface area contributed by atoms with Gasteiger partial charge in [0.2, 0.25) is 0 Å². The van der Waals surface area contributed by atoms with E-state index in [1.165, 1.54) is 19.3 Å². The molecule has 0 saturated carbocycles. The van der Waals surface area contributed by atoms with E-state index in [9.17, 15) is 0 Å². The Morgan fingerprint density at radius 3 is 2.80 bits per heavy atom. The summed E-state index contributed by atoms with van der Waals surface area (Å²) in [5.41, 5.74) is 4.05. The highest BCUT2D eigenvalue weighted by atomic mass is 32.1. The highest BCUT2D eigenvalue weighted by Gasteiger charge is 2.32. The average molecular weight is 421 g/mol. The van der Waals surface area contributed by atoms with Crippen molar-refractivity contribution < 1.29 is 9.15 Å². The normalized spacial score (nSPS) is 18.8. The Bertz CT molecular complexity index is 1240. The minimum absolute atomic E-state index is 0.219. The Balaban J connectivity index is 1.66. The van der Waals surface area contributed by atoms with Crippen LogP contribution in [0.25, 0.3) is 31.8 Å². The van der Waals surface area contributed by atoms with E-state index in [1.807, 2.05) is 12.1 Å². The molecule has 30 heavy (non-hydrogen) atoms. The standard InChI is InChI=1S/C23H24N4O2S/c1-23(2)11-15-14(12-29-23)17(16-7-6-10-28-16)18-19-20(30-22(18)26-15)21(25-13-24-19)27-8-4-3-5-9-27/h6-7,10,13H,3-5,8-9,11-12H2,1-2H3. The zero-order chi connectivity index (χ0) is 20.3. The van der Waals surface area contributed by atoms with E-state index >= 15 is 0 Å². The molecule has 0 atom stereocenters. The average Bonchev–Trinajstić information content (AvgIpc) is 3.39. The lowest BCUT2D eigenvalue weighted by molar-refractivity contribution is -0.0409. The summed E-state index contributed by atoms with van der Waals surface area (Å²) in [5.74, 6) is 1.89. The van der Waals surface area contributed by atoms with Gasteiger partial charge in [0.25, 0.3) is 0 Å². The molecule has 6 rings (SSSR count). The van der Waals surface area contributed by atoms with Crippen LogP contribution in [0.1, 0.15) is 44.4 Å². The molecule has 1 saturated heterocycles. The molecule has 1 fully saturated rings. The molecule has 0 bridgehead atoms. The molecule has 0 spiro atoms. The number of thiophene rings is 1. The smallest absolute Gasteiger partial charge is 0.150 e. The van der Waals surface area contributed by atoms with Crippen LogP contribution in [0.5, 0.6) is 0 Å². The van der Waals surface area contributed by atoms with Crippen LogP contribution in [0.3, 0.4) is 0 Å². The first-order valence-corrected chi connectivity index (χ1v) is 11.4. The number of piperidine rings is 1. The topological polar surface area (TPSA) is 64.3 Å². The van der Waals surface area contributed by atoms with Crippen molar-refractivity contribution in [2.45, 2.75) is 51.7 Å². The molecule has 7 heteroatoms. The number of hydrogen-bond donors (Lipinski definition) is 0. The number of nitrogens with zero attached hydrogens (tertiary/aromatic N) is 4. The minimum atomic E-state index is -0.219. The van der Waals surface area contributed by atoms with E-state index in [2.05, 4.69) is 23.7 Å².